The van der Waals surface area contributed by atoms with E-state index in [9.17, 15) is 5.11 Å². The molecule has 22 heavy (non-hydrogen) atoms. The predicted octanol–water partition coefficient (Wildman–Crippen LogP) is 5.83. The first-order valence-electron chi connectivity index (χ1n) is 7.97. The Morgan fingerprint density at radius 1 is 0.364 bits per heavy atom. The van der Waals surface area contributed by atoms with E-state index in [-0.39, 0.29) is 0 Å². The summed E-state index contributed by atoms with van der Waals surface area (Å²) >= 11 is 0. The number of hydrogen-bond acceptors (Lipinski definition) is 1. The summed E-state index contributed by atoms with van der Waals surface area (Å²) in [5, 5.41) is 10.8. The Balaban J connectivity index is 3.03. The number of benzene rings is 2. The fourth-order valence-corrected chi connectivity index (χ4v) is 3.47. The van der Waals surface area contributed by atoms with Gasteiger partial charge in [0.05, 0.1) is 0 Å². The summed E-state index contributed by atoms with van der Waals surface area (Å²) in [6, 6.07) is 0. The topological polar surface area (TPSA) is 20.2 Å². The lowest BCUT2D eigenvalue weighted by atomic mass is 9.82. The average molecular weight is 296 g/mol. The third-order valence-electron chi connectivity index (χ3n) is 5.90. The van der Waals surface area contributed by atoms with Gasteiger partial charge >= 0.3 is 0 Å². The van der Waals surface area contributed by atoms with Gasteiger partial charge in [-0.05, 0) is 118 Å². The van der Waals surface area contributed by atoms with E-state index in [0.717, 1.165) is 11.1 Å². The second-order valence-electron chi connectivity index (χ2n) is 6.72. The predicted molar refractivity (Wildman–Crippen MR) is 96.2 cm³/mol. The molecule has 2 aromatic rings. The summed E-state index contributed by atoms with van der Waals surface area (Å²) in [4.78, 5) is 0. The Hall–Kier alpha value is -1.76. The van der Waals surface area contributed by atoms with Crippen molar-refractivity contribution in [2.24, 2.45) is 0 Å². The van der Waals surface area contributed by atoms with E-state index in [4.69, 9.17) is 0 Å². The van der Waals surface area contributed by atoms with Crippen molar-refractivity contribution in [2.75, 3.05) is 0 Å². The van der Waals surface area contributed by atoms with Crippen LogP contribution in [-0.2, 0) is 0 Å². The minimum absolute atomic E-state index is 0.439. The van der Waals surface area contributed by atoms with Crippen LogP contribution in [0, 0.1) is 62.3 Å². The average Bonchev–Trinajstić information content (AvgIpc) is 2.50. The molecule has 0 saturated heterocycles. The minimum Gasteiger partial charge on any atom is -0.507 e. The van der Waals surface area contributed by atoms with Gasteiger partial charge in [0, 0.05) is 5.56 Å². The smallest absolute Gasteiger partial charge is 0.126 e. The molecule has 0 radical (unpaired) electrons. The quantitative estimate of drug-likeness (QED) is 0.701. The zero-order chi connectivity index (χ0) is 16.9. The summed E-state index contributed by atoms with van der Waals surface area (Å²) in [5.41, 5.74) is 13.4. The fourth-order valence-electron chi connectivity index (χ4n) is 3.47. The van der Waals surface area contributed by atoms with Gasteiger partial charge < -0.3 is 5.11 Å². The van der Waals surface area contributed by atoms with Crippen LogP contribution in [0.4, 0.5) is 0 Å². The van der Waals surface area contributed by atoms with Gasteiger partial charge in [0.25, 0.3) is 0 Å². The van der Waals surface area contributed by atoms with Crippen molar-refractivity contribution in [1.82, 2.24) is 0 Å². The van der Waals surface area contributed by atoms with Crippen LogP contribution in [0.15, 0.2) is 0 Å². The maximum atomic E-state index is 10.8. The van der Waals surface area contributed by atoms with E-state index in [1.807, 2.05) is 6.92 Å². The van der Waals surface area contributed by atoms with Gasteiger partial charge in [0.2, 0.25) is 0 Å². The molecule has 1 heteroatoms. The molecule has 1 nitrogen and oxygen atoms in total. The van der Waals surface area contributed by atoms with Crippen LogP contribution >= 0.6 is 0 Å². The number of aromatic hydroxyl groups is 1. The number of phenolic OH excluding ortho intramolecular Hbond substituents is 1. The van der Waals surface area contributed by atoms with Crippen LogP contribution in [-0.4, -0.2) is 5.11 Å². The maximum absolute atomic E-state index is 10.8. The Labute approximate surface area is 135 Å². The molecule has 0 bridgehead atoms. The first kappa shape index (κ1) is 16.6. The van der Waals surface area contributed by atoms with Crippen molar-refractivity contribution in [2.45, 2.75) is 62.3 Å². The second kappa shape index (κ2) is 5.46. The molecule has 1 N–H and O–H groups in total. The van der Waals surface area contributed by atoms with Crippen molar-refractivity contribution in [3.8, 4) is 16.9 Å². The standard InChI is InChI=1S/C21H28O/c1-10-11(2)15(6)19(16(7)12(10)3)20-17(8)13(4)14(5)18(9)21(20)22/h22H,1-9H3. The highest BCUT2D eigenvalue weighted by molar-refractivity contribution is 5.83. The van der Waals surface area contributed by atoms with Crippen molar-refractivity contribution in [3.63, 3.8) is 0 Å². The van der Waals surface area contributed by atoms with E-state index in [1.165, 1.54) is 50.1 Å². The molecule has 0 heterocycles. The van der Waals surface area contributed by atoms with E-state index in [1.54, 1.807) is 0 Å². The summed E-state index contributed by atoms with van der Waals surface area (Å²) in [5.74, 6) is 0.439. The van der Waals surface area contributed by atoms with Crippen LogP contribution in [0.5, 0.6) is 5.75 Å². The Morgan fingerprint density at radius 3 is 1.05 bits per heavy atom. The Kier molecular flexibility index (Phi) is 4.12. The molecule has 0 atom stereocenters. The molecule has 2 aromatic carbocycles. The molecule has 118 valence electrons. The molecular weight excluding hydrogens is 268 g/mol. The van der Waals surface area contributed by atoms with Crippen LogP contribution in [0.25, 0.3) is 11.1 Å². The monoisotopic (exact) mass is 296 g/mol. The van der Waals surface area contributed by atoms with Gasteiger partial charge in [-0.1, -0.05) is 0 Å². The van der Waals surface area contributed by atoms with Gasteiger partial charge in [-0.2, -0.15) is 0 Å². The lowest BCUT2D eigenvalue weighted by Gasteiger charge is -2.23. The first-order valence-corrected chi connectivity index (χ1v) is 7.97. The van der Waals surface area contributed by atoms with Crippen LogP contribution in [0.2, 0.25) is 0 Å². The first-order chi connectivity index (χ1) is 10.1. The van der Waals surface area contributed by atoms with E-state index in [0.29, 0.717) is 5.75 Å². The van der Waals surface area contributed by atoms with Crippen LogP contribution < -0.4 is 0 Å². The van der Waals surface area contributed by atoms with Gasteiger partial charge in [-0.3, -0.25) is 0 Å². The highest BCUT2D eigenvalue weighted by Crippen LogP contribution is 2.43. The molecule has 0 aromatic heterocycles. The summed E-state index contributed by atoms with van der Waals surface area (Å²) in [7, 11) is 0. The number of hydrogen-bond donors (Lipinski definition) is 1. The molecule has 0 spiro atoms. The fraction of sp³-hybridized carbons (Fsp3) is 0.429. The second-order valence-corrected chi connectivity index (χ2v) is 6.72. The van der Waals surface area contributed by atoms with Crippen molar-refractivity contribution < 1.29 is 5.11 Å². The molecule has 0 aliphatic heterocycles. The van der Waals surface area contributed by atoms with Crippen molar-refractivity contribution in [3.05, 3.63) is 50.1 Å². The molecule has 0 fully saturated rings. The minimum atomic E-state index is 0.439. The molecule has 0 aliphatic rings. The summed E-state index contributed by atoms with van der Waals surface area (Å²) in [6.45, 7) is 19.3. The zero-order valence-corrected chi connectivity index (χ0v) is 15.4. The van der Waals surface area contributed by atoms with Gasteiger partial charge in [-0.15, -0.1) is 0 Å². The molecule has 0 amide bonds. The van der Waals surface area contributed by atoms with Crippen LogP contribution in [0.3, 0.4) is 0 Å². The highest BCUT2D eigenvalue weighted by atomic mass is 16.3. The van der Waals surface area contributed by atoms with E-state index >= 15 is 0 Å². The van der Waals surface area contributed by atoms with E-state index < -0.39 is 0 Å². The molecule has 0 aliphatic carbocycles. The third-order valence-corrected chi connectivity index (χ3v) is 5.90. The highest BCUT2D eigenvalue weighted by Gasteiger charge is 2.21. The SMILES string of the molecule is Cc1c(C)c(C)c(-c2c(C)c(C)c(C)c(C)c2O)c(C)c1C. The van der Waals surface area contributed by atoms with Crippen LogP contribution in [0.1, 0.15) is 50.1 Å². The third kappa shape index (κ3) is 2.15. The molecule has 2 rings (SSSR count). The summed E-state index contributed by atoms with van der Waals surface area (Å²) in [6.07, 6.45) is 0. The molecule has 0 unspecified atom stereocenters. The van der Waals surface area contributed by atoms with E-state index in [2.05, 4.69) is 55.4 Å². The Bertz CT molecular complexity index is 654. The Morgan fingerprint density at radius 2 is 0.636 bits per heavy atom. The summed E-state index contributed by atoms with van der Waals surface area (Å²) < 4.78 is 0. The van der Waals surface area contributed by atoms with Crippen molar-refractivity contribution in [1.29, 1.82) is 0 Å². The lowest BCUT2D eigenvalue weighted by molar-refractivity contribution is 0.472. The molecular formula is C21H28O. The number of phenols is 1. The lowest BCUT2D eigenvalue weighted by Crippen LogP contribution is -2.03. The van der Waals surface area contributed by atoms with Gasteiger partial charge in [-0.25, -0.2) is 0 Å². The van der Waals surface area contributed by atoms with Gasteiger partial charge in [0.1, 0.15) is 5.75 Å². The largest absolute Gasteiger partial charge is 0.507 e. The van der Waals surface area contributed by atoms with Crippen molar-refractivity contribution >= 4 is 0 Å². The van der Waals surface area contributed by atoms with Gasteiger partial charge in [0.15, 0.2) is 0 Å². The normalized spacial score (nSPS) is 11.1. The maximum Gasteiger partial charge on any atom is 0.126 e. The molecule has 0 saturated carbocycles. The number of rotatable bonds is 1. The zero-order valence-electron chi connectivity index (χ0n) is 15.4.